The number of aromatic nitrogens is 1. The topological polar surface area (TPSA) is 74.8 Å². The van der Waals surface area contributed by atoms with Crippen molar-refractivity contribution in [2.24, 2.45) is 0 Å². The quantitative estimate of drug-likeness (QED) is 0.809. The molecule has 1 fully saturated rings. The molecule has 3 rings (SSSR count). The van der Waals surface area contributed by atoms with Crippen LogP contribution in [0.25, 0.3) is 0 Å². The second-order valence-electron chi connectivity index (χ2n) is 5.34. The van der Waals surface area contributed by atoms with Crippen molar-refractivity contribution in [2.75, 3.05) is 46.4 Å². The molecule has 1 N–H and O–H groups in total. The van der Waals surface area contributed by atoms with E-state index in [1.807, 2.05) is 0 Å². The van der Waals surface area contributed by atoms with Crippen LogP contribution in [0.2, 0.25) is 0 Å². The molecule has 3 amide bonds. The van der Waals surface area contributed by atoms with Crippen LogP contribution >= 0.6 is 11.3 Å². The van der Waals surface area contributed by atoms with E-state index in [2.05, 4.69) is 10.3 Å². The van der Waals surface area contributed by atoms with Gasteiger partial charge in [0.1, 0.15) is 0 Å². The highest BCUT2D eigenvalue weighted by molar-refractivity contribution is 7.13. The standard InChI is InChI=1S/C14H20N4O3S/c1-15-14(20)18-4-2-10-11(3-5-18)22-12(16-10)13(19)17-6-8-21-9-7-17/h2-9H2,1H3,(H,15,20). The first-order valence-electron chi connectivity index (χ1n) is 7.51. The monoisotopic (exact) mass is 324 g/mol. The van der Waals surface area contributed by atoms with Crippen molar-refractivity contribution in [2.45, 2.75) is 12.8 Å². The van der Waals surface area contributed by atoms with Gasteiger partial charge in [-0.05, 0) is 0 Å². The lowest BCUT2D eigenvalue weighted by molar-refractivity contribution is 0.0302. The van der Waals surface area contributed by atoms with Crippen LogP contribution in [0.3, 0.4) is 0 Å². The number of morpholine rings is 1. The second kappa shape index (κ2) is 6.62. The van der Waals surface area contributed by atoms with Crippen molar-refractivity contribution in [3.63, 3.8) is 0 Å². The minimum absolute atomic E-state index is 0.00420. The lowest BCUT2D eigenvalue weighted by Gasteiger charge is -2.25. The molecule has 22 heavy (non-hydrogen) atoms. The zero-order valence-electron chi connectivity index (χ0n) is 12.6. The average molecular weight is 324 g/mol. The molecule has 0 aromatic carbocycles. The van der Waals surface area contributed by atoms with Gasteiger partial charge in [-0.25, -0.2) is 9.78 Å². The molecule has 7 nitrogen and oxygen atoms in total. The van der Waals surface area contributed by atoms with Gasteiger partial charge in [0.05, 0.1) is 18.9 Å². The van der Waals surface area contributed by atoms with Gasteiger partial charge in [0.2, 0.25) is 0 Å². The van der Waals surface area contributed by atoms with Gasteiger partial charge in [-0.1, -0.05) is 0 Å². The van der Waals surface area contributed by atoms with Gasteiger partial charge in [-0.3, -0.25) is 4.79 Å². The van der Waals surface area contributed by atoms with Crippen LogP contribution in [0.4, 0.5) is 4.79 Å². The molecule has 0 saturated carbocycles. The predicted octanol–water partition coefficient (Wildman–Crippen LogP) is 0.355. The first kappa shape index (κ1) is 15.2. The second-order valence-corrected chi connectivity index (χ2v) is 6.42. The van der Waals surface area contributed by atoms with Crippen molar-refractivity contribution >= 4 is 23.3 Å². The van der Waals surface area contributed by atoms with Crippen LogP contribution in [0, 0.1) is 0 Å². The largest absolute Gasteiger partial charge is 0.378 e. The number of nitrogens with zero attached hydrogens (tertiary/aromatic N) is 3. The molecule has 8 heteroatoms. The van der Waals surface area contributed by atoms with E-state index in [0.717, 1.165) is 17.0 Å². The highest BCUT2D eigenvalue weighted by atomic mass is 32.1. The SMILES string of the molecule is CNC(=O)N1CCc2nc(C(=O)N3CCOCC3)sc2CC1. The van der Waals surface area contributed by atoms with Crippen molar-refractivity contribution in [1.82, 2.24) is 20.1 Å². The van der Waals surface area contributed by atoms with Crippen LogP contribution in [-0.2, 0) is 17.6 Å². The van der Waals surface area contributed by atoms with Crippen molar-refractivity contribution in [3.05, 3.63) is 15.6 Å². The summed E-state index contributed by atoms with van der Waals surface area (Å²) in [5.74, 6) is 0.00420. The highest BCUT2D eigenvalue weighted by Gasteiger charge is 2.26. The minimum Gasteiger partial charge on any atom is -0.378 e. The summed E-state index contributed by atoms with van der Waals surface area (Å²) < 4.78 is 5.27. The van der Waals surface area contributed by atoms with Gasteiger partial charge in [0.25, 0.3) is 5.91 Å². The number of urea groups is 1. The maximum atomic E-state index is 12.5. The molecular weight excluding hydrogens is 304 g/mol. The number of amides is 3. The molecule has 1 aromatic rings. The Balaban J connectivity index is 1.69. The normalized spacial score (nSPS) is 18.6. The maximum Gasteiger partial charge on any atom is 0.317 e. The molecule has 0 aliphatic carbocycles. The van der Waals surface area contributed by atoms with E-state index in [1.165, 1.54) is 11.3 Å². The summed E-state index contributed by atoms with van der Waals surface area (Å²) in [4.78, 5) is 33.4. The molecular formula is C14H20N4O3S. The molecule has 1 aromatic heterocycles. The lowest BCUT2D eigenvalue weighted by Crippen LogP contribution is -2.40. The van der Waals surface area contributed by atoms with Crippen LogP contribution in [0.1, 0.15) is 20.4 Å². The van der Waals surface area contributed by atoms with Gasteiger partial charge in [-0.15, -0.1) is 11.3 Å². The molecule has 0 unspecified atom stereocenters. The van der Waals surface area contributed by atoms with Gasteiger partial charge in [-0.2, -0.15) is 0 Å². The molecule has 0 atom stereocenters. The number of hydrogen-bond donors (Lipinski definition) is 1. The Bertz CT molecular complexity index is 543. The molecule has 2 aliphatic heterocycles. The Morgan fingerprint density at radius 2 is 1.86 bits per heavy atom. The fraction of sp³-hybridized carbons (Fsp3) is 0.643. The van der Waals surface area contributed by atoms with E-state index < -0.39 is 0 Å². The van der Waals surface area contributed by atoms with Gasteiger partial charge in [0, 0.05) is 50.9 Å². The summed E-state index contributed by atoms with van der Waals surface area (Å²) in [6.45, 7) is 3.76. The fourth-order valence-corrected chi connectivity index (χ4v) is 3.78. The Hall–Kier alpha value is -1.67. The van der Waals surface area contributed by atoms with Crippen LogP contribution in [0.15, 0.2) is 0 Å². The molecule has 0 radical (unpaired) electrons. The summed E-state index contributed by atoms with van der Waals surface area (Å²) >= 11 is 1.47. The number of nitrogens with one attached hydrogen (secondary N) is 1. The first-order chi connectivity index (χ1) is 10.7. The van der Waals surface area contributed by atoms with Gasteiger partial charge >= 0.3 is 6.03 Å². The number of thiazole rings is 1. The number of hydrogen-bond acceptors (Lipinski definition) is 5. The minimum atomic E-state index is -0.0558. The molecule has 120 valence electrons. The molecule has 0 bridgehead atoms. The number of carbonyl (C=O) groups is 2. The fourth-order valence-electron chi connectivity index (χ4n) is 2.72. The van der Waals surface area contributed by atoms with Crippen LogP contribution in [0.5, 0.6) is 0 Å². The van der Waals surface area contributed by atoms with Gasteiger partial charge < -0.3 is 19.9 Å². The molecule has 2 aliphatic rings. The number of carbonyl (C=O) groups excluding carboxylic acids is 2. The Labute approximate surface area is 133 Å². The zero-order chi connectivity index (χ0) is 15.5. The highest BCUT2D eigenvalue weighted by Crippen LogP contribution is 2.24. The van der Waals surface area contributed by atoms with Crippen molar-refractivity contribution in [3.8, 4) is 0 Å². The van der Waals surface area contributed by atoms with Crippen molar-refractivity contribution < 1.29 is 14.3 Å². The van der Waals surface area contributed by atoms with E-state index in [9.17, 15) is 9.59 Å². The number of ether oxygens (including phenoxy) is 1. The Morgan fingerprint density at radius 1 is 1.14 bits per heavy atom. The summed E-state index contributed by atoms with van der Waals surface area (Å²) in [6.07, 6.45) is 1.46. The zero-order valence-corrected chi connectivity index (χ0v) is 13.4. The van der Waals surface area contributed by atoms with Gasteiger partial charge in [0.15, 0.2) is 5.01 Å². The molecule has 3 heterocycles. The van der Waals surface area contributed by atoms with E-state index >= 15 is 0 Å². The van der Waals surface area contributed by atoms with E-state index in [1.54, 1.807) is 16.8 Å². The average Bonchev–Trinajstić information content (AvgIpc) is 2.87. The lowest BCUT2D eigenvalue weighted by atomic mass is 10.2. The summed E-state index contributed by atoms with van der Waals surface area (Å²) in [5, 5.41) is 3.22. The molecule has 1 saturated heterocycles. The van der Waals surface area contributed by atoms with Crippen molar-refractivity contribution in [1.29, 1.82) is 0 Å². The summed E-state index contributed by atoms with van der Waals surface area (Å²) in [6, 6.07) is -0.0558. The summed E-state index contributed by atoms with van der Waals surface area (Å²) in [5.41, 5.74) is 0.966. The predicted molar refractivity (Wildman–Crippen MR) is 82.3 cm³/mol. The summed E-state index contributed by atoms with van der Waals surface area (Å²) in [7, 11) is 1.64. The number of rotatable bonds is 1. The first-order valence-corrected chi connectivity index (χ1v) is 8.33. The van der Waals surface area contributed by atoms with E-state index in [0.29, 0.717) is 50.8 Å². The smallest absolute Gasteiger partial charge is 0.317 e. The third-order valence-electron chi connectivity index (χ3n) is 3.99. The third-order valence-corrected chi connectivity index (χ3v) is 5.13. The maximum absolute atomic E-state index is 12.5. The number of fused-ring (bicyclic) bond motifs is 1. The Morgan fingerprint density at radius 3 is 2.59 bits per heavy atom. The van der Waals surface area contributed by atoms with E-state index in [-0.39, 0.29) is 11.9 Å². The molecule has 0 spiro atoms. The van der Waals surface area contributed by atoms with Crippen LogP contribution in [-0.4, -0.2) is 73.2 Å². The van der Waals surface area contributed by atoms with Crippen LogP contribution < -0.4 is 5.32 Å². The Kier molecular flexibility index (Phi) is 4.58. The third kappa shape index (κ3) is 3.07. The van der Waals surface area contributed by atoms with E-state index in [4.69, 9.17) is 4.74 Å².